The molecule has 3 aromatic rings. The summed E-state index contributed by atoms with van der Waals surface area (Å²) in [4.78, 5) is 13.0. The Labute approximate surface area is 180 Å². The van der Waals surface area contributed by atoms with E-state index in [-0.39, 0.29) is 6.10 Å². The highest BCUT2D eigenvalue weighted by molar-refractivity contribution is 7.99. The topological polar surface area (TPSA) is 102 Å². The van der Waals surface area contributed by atoms with Crippen molar-refractivity contribution in [1.29, 1.82) is 0 Å². The van der Waals surface area contributed by atoms with E-state index in [1.54, 1.807) is 0 Å². The maximum atomic E-state index is 9.89. The molecule has 0 amide bonds. The Hall–Kier alpha value is -2.78. The van der Waals surface area contributed by atoms with Crippen molar-refractivity contribution in [3.05, 3.63) is 41.6 Å². The molecule has 0 bridgehead atoms. The lowest BCUT2D eigenvalue weighted by Crippen LogP contribution is -2.37. The fourth-order valence-corrected chi connectivity index (χ4v) is 4.19. The number of aliphatic hydroxyl groups is 1. The first-order chi connectivity index (χ1) is 14.5. The van der Waals surface area contributed by atoms with Crippen molar-refractivity contribution in [2.75, 3.05) is 35.7 Å². The molecule has 0 radical (unpaired) electrons. The third-order valence-electron chi connectivity index (χ3n) is 5.17. The Morgan fingerprint density at radius 3 is 2.50 bits per heavy atom. The van der Waals surface area contributed by atoms with Crippen LogP contribution in [0.5, 0.6) is 0 Å². The number of benzene rings is 1. The summed E-state index contributed by atoms with van der Waals surface area (Å²) in [6.07, 6.45) is 1.27. The quantitative estimate of drug-likeness (QED) is 0.443. The number of hydrogen-bond donors (Lipinski definition) is 4. The number of aromatic nitrogens is 4. The Morgan fingerprint density at radius 1 is 1.13 bits per heavy atom. The molecule has 9 heteroatoms. The number of aryl methyl sites for hydroxylation is 1. The molecule has 8 nitrogen and oxygen atoms in total. The Morgan fingerprint density at radius 2 is 1.87 bits per heavy atom. The number of nitrogens with zero attached hydrogens (tertiary/aromatic N) is 4. The van der Waals surface area contributed by atoms with Gasteiger partial charge in [0.2, 0.25) is 0 Å². The van der Waals surface area contributed by atoms with Gasteiger partial charge in [0, 0.05) is 48.0 Å². The van der Waals surface area contributed by atoms with Gasteiger partial charge < -0.3 is 20.6 Å². The molecule has 4 N–H and O–H groups in total. The van der Waals surface area contributed by atoms with Gasteiger partial charge >= 0.3 is 0 Å². The summed E-state index contributed by atoms with van der Waals surface area (Å²) >= 11 is 1.53. The van der Waals surface area contributed by atoms with Gasteiger partial charge in [-0.05, 0) is 62.7 Å². The highest BCUT2D eigenvalue weighted by atomic mass is 32.2. The first-order valence-electron chi connectivity index (χ1n) is 10.1. The molecule has 0 atom stereocenters. The summed E-state index contributed by atoms with van der Waals surface area (Å²) < 4.78 is 0. The third kappa shape index (κ3) is 4.68. The SMILES string of the molecule is CNc1ccc(Sc2nc(Nc3cc(C)[nH]n3)c(C)c(N3CCC(O)CC3)n2)cc1. The molecule has 3 heterocycles. The maximum absolute atomic E-state index is 9.89. The lowest BCUT2D eigenvalue weighted by atomic mass is 10.1. The summed E-state index contributed by atoms with van der Waals surface area (Å²) in [7, 11) is 1.90. The van der Waals surface area contributed by atoms with E-state index in [0.717, 1.165) is 65.2 Å². The maximum Gasteiger partial charge on any atom is 0.196 e. The largest absolute Gasteiger partial charge is 0.393 e. The van der Waals surface area contributed by atoms with Gasteiger partial charge in [-0.3, -0.25) is 5.10 Å². The van der Waals surface area contributed by atoms with Gasteiger partial charge in [-0.1, -0.05) is 0 Å². The minimum atomic E-state index is -0.229. The fourth-order valence-electron chi connectivity index (χ4n) is 3.44. The van der Waals surface area contributed by atoms with E-state index >= 15 is 0 Å². The highest BCUT2D eigenvalue weighted by Gasteiger charge is 2.22. The van der Waals surface area contributed by atoms with Crippen molar-refractivity contribution < 1.29 is 5.11 Å². The van der Waals surface area contributed by atoms with Gasteiger partial charge in [-0.2, -0.15) is 5.10 Å². The van der Waals surface area contributed by atoms with Crippen LogP contribution in [0.2, 0.25) is 0 Å². The second-order valence-electron chi connectivity index (χ2n) is 7.46. The molecule has 1 saturated heterocycles. The molecule has 1 aromatic carbocycles. The van der Waals surface area contributed by atoms with Crippen LogP contribution in [0.15, 0.2) is 40.4 Å². The predicted octanol–water partition coefficient (Wildman–Crippen LogP) is 3.71. The predicted molar refractivity (Wildman–Crippen MR) is 121 cm³/mol. The van der Waals surface area contributed by atoms with Crippen LogP contribution in [0, 0.1) is 13.8 Å². The number of piperidine rings is 1. The minimum absolute atomic E-state index is 0.229. The number of anilines is 4. The van der Waals surface area contributed by atoms with Crippen LogP contribution >= 0.6 is 11.8 Å². The van der Waals surface area contributed by atoms with Gasteiger partial charge in [-0.25, -0.2) is 9.97 Å². The first kappa shape index (κ1) is 20.5. The van der Waals surface area contributed by atoms with E-state index in [1.165, 1.54) is 11.8 Å². The van der Waals surface area contributed by atoms with E-state index in [4.69, 9.17) is 9.97 Å². The van der Waals surface area contributed by atoms with E-state index in [1.807, 2.05) is 39.1 Å². The zero-order valence-corrected chi connectivity index (χ0v) is 18.3. The summed E-state index contributed by atoms with van der Waals surface area (Å²) in [5.41, 5.74) is 3.02. The summed E-state index contributed by atoms with van der Waals surface area (Å²) in [5, 5.41) is 24.3. The van der Waals surface area contributed by atoms with Crippen molar-refractivity contribution in [3.63, 3.8) is 0 Å². The Kier molecular flexibility index (Phi) is 6.10. The number of H-pyrrole nitrogens is 1. The van der Waals surface area contributed by atoms with E-state index in [2.05, 4.69) is 37.9 Å². The summed E-state index contributed by atoms with van der Waals surface area (Å²) in [6.45, 7) is 5.55. The molecule has 4 rings (SSSR count). The van der Waals surface area contributed by atoms with Crippen molar-refractivity contribution in [2.45, 2.75) is 42.8 Å². The van der Waals surface area contributed by atoms with Crippen LogP contribution < -0.4 is 15.5 Å². The second kappa shape index (κ2) is 8.93. The van der Waals surface area contributed by atoms with Crippen molar-refractivity contribution >= 4 is 34.9 Å². The van der Waals surface area contributed by atoms with Crippen LogP contribution in [0.3, 0.4) is 0 Å². The lowest BCUT2D eigenvalue weighted by molar-refractivity contribution is 0.145. The van der Waals surface area contributed by atoms with Gasteiger partial charge in [0.05, 0.1) is 6.10 Å². The summed E-state index contributed by atoms with van der Waals surface area (Å²) in [5.74, 6) is 2.37. The monoisotopic (exact) mass is 425 g/mol. The number of aromatic amines is 1. The average Bonchev–Trinajstić information content (AvgIpc) is 3.16. The van der Waals surface area contributed by atoms with E-state index in [0.29, 0.717) is 5.16 Å². The average molecular weight is 426 g/mol. The molecule has 1 fully saturated rings. The lowest BCUT2D eigenvalue weighted by Gasteiger charge is -2.32. The number of hydrogen-bond acceptors (Lipinski definition) is 8. The zero-order chi connectivity index (χ0) is 21.1. The summed E-state index contributed by atoms with van der Waals surface area (Å²) in [6, 6.07) is 10.1. The van der Waals surface area contributed by atoms with Gasteiger partial charge in [0.25, 0.3) is 0 Å². The van der Waals surface area contributed by atoms with E-state index < -0.39 is 0 Å². The molecule has 158 valence electrons. The standard InChI is InChI=1S/C21H27N7OS/c1-13-12-18(27-26-13)23-19-14(2)20(28-10-8-16(29)9-11-28)25-21(24-19)30-17-6-4-15(22-3)5-7-17/h4-7,12,16,22,29H,8-11H2,1-3H3,(H2,23,24,25,26,27). The van der Waals surface area contributed by atoms with Crippen LogP contribution in [-0.4, -0.2) is 51.5 Å². The molecule has 0 saturated carbocycles. The Balaban J connectivity index is 1.66. The van der Waals surface area contributed by atoms with Gasteiger partial charge in [0.15, 0.2) is 11.0 Å². The molecule has 0 unspecified atom stereocenters. The molecule has 0 spiro atoms. The van der Waals surface area contributed by atoms with E-state index in [9.17, 15) is 5.11 Å². The van der Waals surface area contributed by atoms with Gasteiger partial charge in [-0.15, -0.1) is 0 Å². The second-order valence-corrected chi connectivity index (χ2v) is 8.50. The highest BCUT2D eigenvalue weighted by Crippen LogP contribution is 2.33. The molecule has 0 aliphatic carbocycles. The van der Waals surface area contributed by atoms with Crippen LogP contribution in [0.1, 0.15) is 24.1 Å². The smallest absolute Gasteiger partial charge is 0.196 e. The number of nitrogens with one attached hydrogen (secondary N) is 3. The van der Waals surface area contributed by atoms with Crippen molar-refractivity contribution in [3.8, 4) is 0 Å². The molecule has 2 aromatic heterocycles. The van der Waals surface area contributed by atoms with Crippen molar-refractivity contribution in [2.24, 2.45) is 0 Å². The number of rotatable bonds is 6. The van der Waals surface area contributed by atoms with Crippen molar-refractivity contribution in [1.82, 2.24) is 20.2 Å². The minimum Gasteiger partial charge on any atom is -0.393 e. The first-order valence-corrected chi connectivity index (χ1v) is 10.9. The molecule has 1 aliphatic rings. The number of aliphatic hydroxyl groups excluding tert-OH is 1. The molecule has 30 heavy (non-hydrogen) atoms. The van der Waals surface area contributed by atoms with Crippen LogP contribution in [0.25, 0.3) is 0 Å². The van der Waals surface area contributed by atoms with Crippen LogP contribution in [-0.2, 0) is 0 Å². The third-order valence-corrected chi connectivity index (χ3v) is 6.04. The fraction of sp³-hybridized carbons (Fsp3) is 0.381. The molecular formula is C21H27N7OS. The van der Waals surface area contributed by atoms with Gasteiger partial charge in [0.1, 0.15) is 11.6 Å². The normalized spacial score (nSPS) is 14.7. The zero-order valence-electron chi connectivity index (χ0n) is 17.4. The molecule has 1 aliphatic heterocycles. The van der Waals surface area contributed by atoms with Crippen LogP contribution in [0.4, 0.5) is 23.1 Å². The Bertz CT molecular complexity index is 997. The molecular weight excluding hydrogens is 398 g/mol.